The predicted octanol–water partition coefficient (Wildman–Crippen LogP) is 4.21. The zero-order valence-electron chi connectivity index (χ0n) is 9.01. The Morgan fingerprint density at radius 1 is 1.33 bits per heavy atom. The molecule has 0 fully saturated rings. The van der Waals surface area contributed by atoms with E-state index >= 15 is 0 Å². The van der Waals surface area contributed by atoms with Crippen LogP contribution in [0.2, 0.25) is 0 Å². The van der Waals surface area contributed by atoms with Gasteiger partial charge in [-0.3, -0.25) is 0 Å². The molecule has 0 aliphatic carbocycles. The minimum absolute atomic E-state index is 0.913. The molecule has 15 heavy (non-hydrogen) atoms. The number of thiocyanates is 1. The van der Waals surface area contributed by atoms with Gasteiger partial charge in [-0.15, -0.1) is 0 Å². The molecule has 0 atom stereocenters. The molecule has 80 valence electrons. The van der Waals surface area contributed by atoms with Crippen molar-refractivity contribution in [2.45, 2.75) is 26.7 Å². The summed E-state index contributed by atoms with van der Waals surface area (Å²) in [4.78, 5) is 0. The van der Waals surface area contributed by atoms with Crippen LogP contribution < -0.4 is 0 Å². The first-order valence-electron chi connectivity index (χ1n) is 4.91. The lowest BCUT2D eigenvalue weighted by Crippen LogP contribution is -1.92. The van der Waals surface area contributed by atoms with Gasteiger partial charge >= 0.3 is 0 Å². The van der Waals surface area contributed by atoms with Gasteiger partial charge in [0.2, 0.25) is 0 Å². The van der Waals surface area contributed by atoms with Crippen LogP contribution >= 0.6 is 27.7 Å². The van der Waals surface area contributed by atoms with Gasteiger partial charge < -0.3 is 0 Å². The summed E-state index contributed by atoms with van der Waals surface area (Å²) in [6.45, 7) is 4.25. The normalized spacial score (nSPS) is 10.0. The lowest BCUT2D eigenvalue weighted by atomic mass is 10.0. The van der Waals surface area contributed by atoms with Crippen LogP contribution in [0.3, 0.4) is 0 Å². The molecule has 1 aromatic carbocycles. The van der Waals surface area contributed by atoms with Gasteiger partial charge in [-0.2, -0.15) is 5.26 Å². The minimum atomic E-state index is 0.913. The summed E-state index contributed by atoms with van der Waals surface area (Å²) in [5, 5.41) is 10.5. The quantitative estimate of drug-likeness (QED) is 0.610. The molecule has 1 nitrogen and oxygen atoms in total. The molecule has 0 saturated carbocycles. The molecule has 0 bridgehead atoms. The van der Waals surface area contributed by atoms with Crippen molar-refractivity contribution in [3.8, 4) is 5.40 Å². The molecule has 1 rings (SSSR count). The van der Waals surface area contributed by atoms with Gasteiger partial charge in [-0.1, -0.05) is 22.0 Å². The molecule has 0 radical (unpaired) electrons. The van der Waals surface area contributed by atoms with Gasteiger partial charge in [0.25, 0.3) is 0 Å². The number of thioether (sulfide) groups is 1. The molecular formula is C12H14BrNS. The van der Waals surface area contributed by atoms with Crippen molar-refractivity contribution in [1.82, 2.24) is 0 Å². The van der Waals surface area contributed by atoms with Crippen LogP contribution in [0.5, 0.6) is 0 Å². The molecular weight excluding hydrogens is 270 g/mol. The summed E-state index contributed by atoms with van der Waals surface area (Å²) in [7, 11) is 0. The zero-order chi connectivity index (χ0) is 11.3. The van der Waals surface area contributed by atoms with Crippen molar-refractivity contribution in [2.24, 2.45) is 0 Å². The summed E-state index contributed by atoms with van der Waals surface area (Å²) in [5.41, 5.74) is 4.00. The lowest BCUT2D eigenvalue weighted by molar-refractivity contribution is 0.926. The first kappa shape index (κ1) is 12.6. The summed E-state index contributed by atoms with van der Waals surface area (Å²) in [6, 6.07) is 4.40. The second-order valence-corrected chi connectivity index (χ2v) is 5.31. The molecule has 0 heterocycles. The highest BCUT2D eigenvalue weighted by molar-refractivity contribution is 9.10. The number of halogens is 1. The minimum Gasteiger partial charge on any atom is -0.185 e. The standard InChI is InChI=1S/C12H14BrNS/c1-9-6-11(4-3-5-15-8-14)12(13)7-10(9)2/h6-7H,3-5H2,1-2H3. The second kappa shape index (κ2) is 6.19. The smallest absolute Gasteiger partial charge is 0.133 e. The maximum Gasteiger partial charge on any atom is 0.133 e. The third-order valence-corrected chi connectivity index (χ3v) is 3.78. The van der Waals surface area contributed by atoms with E-state index in [1.165, 1.54) is 32.9 Å². The number of hydrogen-bond acceptors (Lipinski definition) is 2. The van der Waals surface area contributed by atoms with Crippen LogP contribution in [0.4, 0.5) is 0 Å². The number of benzene rings is 1. The molecule has 0 aromatic heterocycles. The van der Waals surface area contributed by atoms with Crippen LogP contribution in [0, 0.1) is 24.5 Å². The van der Waals surface area contributed by atoms with E-state index in [0.29, 0.717) is 0 Å². The zero-order valence-corrected chi connectivity index (χ0v) is 11.4. The summed E-state index contributed by atoms with van der Waals surface area (Å²) >= 11 is 4.91. The Kier molecular flexibility index (Phi) is 5.21. The number of nitrogens with zero attached hydrogens (tertiary/aromatic N) is 1. The van der Waals surface area contributed by atoms with Gasteiger partial charge in [0, 0.05) is 10.2 Å². The fraction of sp³-hybridized carbons (Fsp3) is 0.417. The molecule has 0 N–H and O–H groups in total. The van der Waals surface area contributed by atoms with E-state index in [4.69, 9.17) is 5.26 Å². The number of hydrogen-bond donors (Lipinski definition) is 0. The highest BCUT2D eigenvalue weighted by Crippen LogP contribution is 2.23. The van der Waals surface area contributed by atoms with Gasteiger partial charge in [0.05, 0.1) is 0 Å². The third kappa shape index (κ3) is 3.89. The molecule has 0 saturated heterocycles. The molecule has 0 spiro atoms. The number of rotatable bonds is 4. The lowest BCUT2D eigenvalue weighted by Gasteiger charge is -2.07. The molecule has 3 heteroatoms. The van der Waals surface area contributed by atoms with Crippen molar-refractivity contribution >= 4 is 27.7 Å². The average Bonchev–Trinajstić information content (AvgIpc) is 2.20. The molecule has 0 amide bonds. The van der Waals surface area contributed by atoms with Crippen LogP contribution in [-0.4, -0.2) is 5.75 Å². The van der Waals surface area contributed by atoms with Crippen molar-refractivity contribution in [1.29, 1.82) is 5.26 Å². The largest absolute Gasteiger partial charge is 0.185 e. The Hall–Kier alpha value is -0.460. The fourth-order valence-electron chi connectivity index (χ4n) is 1.41. The van der Waals surface area contributed by atoms with Gasteiger partial charge in [-0.25, -0.2) is 0 Å². The highest BCUT2D eigenvalue weighted by atomic mass is 79.9. The summed E-state index contributed by atoms with van der Waals surface area (Å²) in [6.07, 6.45) is 2.09. The first-order valence-corrected chi connectivity index (χ1v) is 6.69. The van der Waals surface area contributed by atoms with Crippen molar-refractivity contribution in [3.05, 3.63) is 33.3 Å². The van der Waals surface area contributed by atoms with E-state index in [2.05, 4.69) is 47.3 Å². The first-order chi connectivity index (χ1) is 7.15. The Labute approximate surface area is 104 Å². The molecule has 0 aliphatic heterocycles. The van der Waals surface area contributed by atoms with E-state index in [9.17, 15) is 0 Å². The fourth-order valence-corrected chi connectivity index (χ4v) is 2.45. The van der Waals surface area contributed by atoms with Gasteiger partial charge in [0.15, 0.2) is 0 Å². The van der Waals surface area contributed by atoms with Crippen molar-refractivity contribution in [3.63, 3.8) is 0 Å². The Morgan fingerprint density at radius 2 is 2.00 bits per heavy atom. The van der Waals surface area contributed by atoms with Crippen LogP contribution in [0.15, 0.2) is 16.6 Å². The van der Waals surface area contributed by atoms with Crippen molar-refractivity contribution in [2.75, 3.05) is 5.75 Å². The maximum absolute atomic E-state index is 8.40. The Bertz CT molecular complexity index is 382. The molecule has 0 aliphatic rings. The second-order valence-electron chi connectivity index (χ2n) is 3.57. The van der Waals surface area contributed by atoms with Crippen LogP contribution in [0.1, 0.15) is 23.1 Å². The highest BCUT2D eigenvalue weighted by Gasteiger charge is 2.02. The topological polar surface area (TPSA) is 23.8 Å². The van der Waals surface area contributed by atoms with Crippen LogP contribution in [0.25, 0.3) is 0 Å². The SMILES string of the molecule is Cc1cc(Br)c(CCCSC#N)cc1C. The average molecular weight is 284 g/mol. The molecule has 0 unspecified atom stereocenters. The summed E-state index contributed by atoms with van der Waals surface area (Å²) < 4.78 is 1.19. The van der Waals surface area contributed by atoms with E-state index in [1.54, 1.807) is 0 Å². The predicted molar refractivity (Wildman–Crippen MR) is 70.0 cm³/mol. The Morgan fingerprint density at radius 3 is 2.67 bits per heavy atom. The number of nitriles is 1. The van der Waals surface area contributed by atoms with Gasteiger partial charge in [-0.05, 0) is 61.2 Å². The van der Waals surface area contributed by atoms with Crippen molar-refractivity contribution < 1.29 is 0 Å². The van der Waals surface area contributed by atoms with E-state index in [1.807, 2.05) is 0 Å². The maximum atomic E-state index is 8.40. The van der Waals surface area contributed by atoms with E-state index in [-0.39, 0.29) is 0 Å². The molecule has 1 aromatic rings. The van der Waals surface area contributed by atoms with E-state index in [0.717, 1.165) is 18.6 Å². The Balaban J connectivity index is 2.62. The number of aryl methyl sites for hydroxylation is 3. The third-order valence-electron chi connectivity index (χ3n) is 2.42. The monoisotopic (exact) mass is 283 g/mol. The van der Waals surface area contributed by atoms with Crippen LogP contribution in [-0.2, 0) is 6.42 Å². The van der Waals surface area contributed by atoms with E-state index < -0.39 is 0 Å². The summed E-state index contributed by atoms with van der Waals surface area (Å²) in [5.74, 6) is 0.913. The van der Waals surface area contributed by atoms with Gasteiger partial charge in [0.1, 0.15) is 5.40 Å².